The van der Waals surface area contributed by atoms with E-state index in [-0.39, 0.29) is 6.42 Å². The molecule has 5 atom stereocenters. The summed E-state index contributed by atoms with van der Waals surface area (Å²) in [6.45, 7) is 2.99. The van der Waals surface area contributed by atoms with Crippen LogP contribution in [-0.2, 0) is 23.7 Å². The lowest BCUT2D eigenvalue weighted by Crippen LogP contribution is -2.61. The number of hydrogen-bond acceptors (Lipinski definition) is 8. The number of allylic oxidation sites excluding steroid dienone is 1. The Bertz CT molecular complexity index is 653. The minimum Gasteiger partial charge on any atom is -0.455 e. The van der Waals surface area contributed by atoms with Crippen LogP contribution in [0.3, 0.4) is 0 Å². The topological polar surface area (TPSA) is 124 Å². The average Bonchev–Trinajstić information content (AvgIpc) is 2.70. The third-order valence-corrected chi connectivity index (χ3v) is 4.11. The first-order valence-corrected chi connectivity index (χ1v) is 8.80. The molecule has 1 aromatic carbocycles. The number of aliphatic hydroxyl groups is 2. The lowest BCUT2D eigenvalue weighted by atomic mass is 9.98. The minimum absolute atomic E-state index is 0.0396. The largest absolute Gasteiger partial charge is 0.455 e. The van der Waals surface area contributed by atoms with E-state index in [9.17, 15) is 19.8 Å². The highest BCUT2D eigenvalue weighted by Gasteiger charge is 2.49. The molecular formula is C19H25NO8. The molecule has 1 aromatic rings. The van der Waals surface area contributed by atoms with E-state index in [1.165, 1.54) is 7.11 Å². The maximum absolute atomic E-state index is 12.3. The minimum atomic E-state index is -1.42. The molecule has 0 aliphatic carbocycles. The number of esters is 1. The van der Waals surface area contributed by atoms with E-state index in [2.05, 4.69) is 11.9 Å². The smallest absolute Gasteiger partial charge is 0.412 e. The summed E-state index contributed by atoms with van der Waals surface area (Å²) < 4.78 is 21.1. The zero-order valence-corrected chi connectivity index (χ0v) is 15.5. The van der Waals surface area contributed by atoms with Crippen LogP contribution in [0.2, 0.25) is 0 Å². The molecule has 1 aliphatic rings. The highest BCUT2D eigenvalue weighted by atomic mass is 16.7. The number of nitrogens with one attached hydrogen (secondary N) is 1. The fraction of sp³-hybridized carbons (Fsp3) is 0.474. The third-order valence-electron chi connectivity index (χ3n) is 4.11. The summed E-state index contributed by atoms with van der Waals surface area (Å²) in [5, 5.41) is 22.6. The van der Waals surface area contributed by atoms with Crippen molar-refractivity contribution in [2.45, 2.75) is 43.5 Å². The lowest BCUT2D eigenvalue weighted by Gasteiger charge is -2.42. The fourth-order valence-corrected chi connectivity index (χ4v) is 2.74. The number of carbonyl (C=O) groups excluding carboxylic acids is 2. The number of anilines is 1. The van der Waals surface area contributed by atoms with Crippen molar-refractivity contribution >= 4 is 17.7 Å². The Morgan fingerprint density at radius 1 is 1.25 bits per heavy atom. The van der Waals surface area contributed by atoms with Gasteiger partial charge < -0.3 is 29.2 Å². The molecule has 154 valence electrons. The van der Waals surface area contributed by atoms with E-state index >= 15 is 0 Å². The number of hydrogen-bond donors (Lipinski definition) is 3. The molecule has 0 spiro atoms. The van der Waals surface area contributed by atoms with Gasteiger partial charge in [0.1, 0.15) is 12.2 Å². The molecule has 1 saturated heterocycles. The van der Waals surface area contributed by atoms with Crippen LogP contribution in [0.5, 0.6) is 0 Å². The van der Waals surface area contributed by atoms with Gasteiger partial charge in [-0.2, -0.15) is 0 Å². The first-order chi connectivity index (χ1) is 13.5. The van der Waals surface area contributed by atoms with Gasteiger partial charge in [0.15, 0.2) is 18.5 Å². The molecule has 0 unspecified atom stereocenters. The summed E-state index contributed by atoms with van der Waals surface area (Å²) in [5.41, 5.74) is 0.486. The van der Waals surface area contributed by atoms with Crippen LogP contribution in [0.25, 0.3) is 0 Å². The van der Waals surface area contributed by atoms with Gasteiger partial charge in [-0.25, -0.2) is 4.79 Å². The van der Waals surface area contributed by atoms with Crippen LogP contribution in [0.4, 0.5) is 10.5 Å². The molecule has 0 saturated carbocycles. The van der Waals surface area contributed by atoms with Crippen LogP contribution < -0.4 is 5.32 Å². The number of methoxy groups -OCH3 is 1. The van der Waals surface area contributed by atoms with Crippen molar-refractivity contribution in [2.24, 2.45) is 0 Å². The summed E-state index contributed by atoms with van der Waals surface area (Å²) in [7, 11) is 1.29. The Morgan fingerprint density at radius 3 is 2.57 bits per heavy atom. The van der Waals surface area contributed by atoms with Gasteiger partial charge in [-0.15, -0.1) is 6.58 Å². The van der Waals surface area contributed by atoms with Crippen molar-refractivity contribution in [1.29, 1.82) is 0 Å². The highest BCUT2D eigenvalue weighted by Crippen LogP contribution is 2.27. The van der Waals surface area contributed by atoms with Gasteiger partial charge in [-0.1, -0.05) is 24.3 Å². The second-order valence-electron chi connectivity index (χ2n) is 6.09. The van der Waals surface area contributed by atoms with Gasteiger partial charge in [-0.05, 0) is 18.6 Å². The van der Waals surface area contributed by atoms with Crippen molar-refractivity contribution in [2.75, 3.05) is 19.0 Å². The maximum Gasteiger partial charge on any atom is 0.412 e. The zero-order chi connectivity index (χ0) is 20.5. The number of para-hydroxylation sites is 1. The number of rotatable bonds is 8. The predicted octanol–water partition coefficient (Wildman–Crippen LogP) is 1.21. The number of aliphatic hydroxyl groups excluding tert-OH is 2. The zero-order valence-electron chi connectivity index (χ0n) is 15.5. The molecule has 1 heterocycles. The molecule has 0 radical (unpaired) electrons. The third kappa shape index (κ3) is 5.77. The lowest BCUT2D eigenvalue weighted by molar-refractivity contribution is -0.295. The summed E-state index contributed by atoms with van der Waals surface area (Å²) in [5.74, 6) is -0.616. The van der Waals surface area contributed by atoms with Crippen molar-refractivity contribution in [1.82, 2.24) is 0 Å². The monoisotopic (exact) mass is 395 g/mol. The molecule has 1 fully saturated rings. The van der Waals surface area contributed by atoms with Gasteiger partial charge in [0.2, 0.25) is 0 Å². The number of ether oxygens (including phenoxy) is 4. The van der Waals surface area contributed by atoms with Gasteiger partial charge >= 0.3 is 12.1 Å². The highest BCUT2D eigenvalue weighted by molar-refractivity contribution is 5.84. The van der Waals surface area contributed by atoms with Gasteiger partial charge in [0, 0.05) is 19.2 Å². The molecule has 0 aromatic heterocycles. The summed E-state index contributed by atoms with van der Waals surface area (Å²) in [6, 6.07) is 8.56. The van der Waals surface area contributed by atoms with Crippen LogP contribution >= 0.6 is 0 Å². The van der Waals surface area contributed by atoms with Crippen LogP contribution in [0.1, 0.15) is 12.8 Å². The van der Waals surface area contributed by atoms with E-state index in [1.807, 2.05) is 0 Å². The Labute approximate surface area is 162 Å². The summed E-state index contributed by atoms with van der Waals surface area (Å²) >= 11 is 0. The van der Waals surface area contributed by atoms with Gasteiger partial charge in [0.05, 0.1) is 6.61 Å². The number of carbonyl (C=O) groups is 2. The van der Waals surface area contributed by atoms with Crippen LogP contribution in [0, 0.1) is 0 Å². The summed E-state index contributed by atoms with van der Waals surface area (Å²) in [6.07, 6.45) is -5.05. The molecule has 0 bridgehead atoms. The standard InChI is InChI=1S/C19H25NO8/c1-3-4-10-14(22)27-17-15(23)18(25-2)26-13(11-21)16(17)28-19(24)20-12-8-6-5-7-9-12/h3,5-9,13,15-18,21,23H,1,4,10-11H2,2H3,(H,20,24)/t13-,15-,16-,17-,18+/m1/s1. The van der Waals surface area contributed by atoms with E-state index < -0.39 is 49.4 Å². The Morgan fingerprint density at radius 2 is 1.96 bits per heavy atom. The quantitative estimate of drug-likeness (QED) is 0.443. The average molecular weight is 395 g/mol. The molecular weight excluding hydrogens is 370 g/mol. The first kappa shape index (κ1) is 21.8. The maximum atomic E-state index is 12.3. The van der Waals surface area contributed by atoms with Crippen molar-refractivity contribution in [3.05, 3.63) is 43.0 Å². The molecule has 3 N–H and O–H groups in total. The Hall–Kier alpha value is -2.46. The second kappa shape index (κ2) is 10.8. The summed E-state index contributed by atoms with van der Waals surface area (Å²) in [4.78, 5) is 24.3. The predicted molar refractivity (Wildman–Crippen MR) is 98.4 cm³/mol. The molecule has 28 heavy (non-hydrogen) atoms. The number of amides is 1. The van der Waals surface area contributed by atoms with Gasteiger partial charge in [-0.3, -0.25) is 10.1 Å². The number of benzene rings is 1. The molecule has 1 amide bonds. The molecule has 2 rings (SSSR count). The second-order valence-corrected chi connectivity index (χ2v) is 6.09. The SMILES string of the molecule is C=CCCC(=O)O[C@@H]1[C@@H](O)[C@@H](OC)O[C@H](CO)[C@H]1OC(=O)Nc1ccccc1. The first-order valence-electron chi connectivity index (χ1n) is 8.80. The van der Waals surface area contributed by atoms with E-state index in [1.54, 1.807) is 36.4 Å². The van der Waals surface area contributed by atoms with Gasteiger partial charge in [0.25, 0.3) is 0 Å². The van der Waals surface area contributed by atoms with Crippen molar-refractivity contribution in [3.8, 4) is 0 Å². The van der Waals surface area contributed by atoms with E-state index in [0.29, 0.717) is 12.1 Å². The van der Waals surface area contributed by atoms with Crippen LogP contribution in [0.15, 0.2) is 43.0 Å². The Kier molecular flexibility index (Phi) is 8.40. The van der Waals surface area contributed by atoms with Crippen molar-refractivity contribution < 1.29 is 38.7 Å². The molecule has 1 aliphatic heterocycles. The van der Waals surface area contributed by atoms with E-state index in [0.717, 1.165) is 0 Å². The van der Waals surface area contributed by atoms with E-state index in [4.69, 9.17) is 18.9 Å². The molecule has 9 heteroatoms. The molecule has 9 nitrogen and oxygen atoms in total. The Balaban J connectivity index is 2.15. The van der Waals surface area contributed by atoms with Crippen molar-refractivity contribution in [3.63, 3.8) is 0 Å². The van der Waals surface area contributed by atoms with Crippen LogP contribution in [-0.4, -0.2) is 66.7 Å². The fourth-order valence-electron chi connectivity index (χ4n) is 2.74. The normalized spacial score (nSPS) is 26.9.